The zero-order chi connectivity index (χ0) is 9.42. The minimum atomic E-state index is -1.19. The largest absolute Gasteiger partial charge is 1.00 e. The number of carbonyl (C=O) groups is 1. The van der Waals surface area contributed by atoms with Crippen LogP contribution in [0.5, 0.6) is 5.75 Å². The van der Waals surface area contributed by atoms with E-state index in [0.717, 1.165) is 0 Å². The van der Waals surface area contributed by atoms with Gasteiger partial charge in [0.05, 0.1) is 0 Å². The number of aromatic hydroxyl groups is 1. The third-order valence-electron chi connectivity index (χ3n) is 1.69. The molecule has 0 fully saturated rings. The van der Waals surface area contributed by atoms with Crippen molar-refractivity contribution in [2.75, 3.05) is 0 Å². The number of benzene rings is 1. The van der Waals surface area contributed by atoms with Crippen LogP contribution in [0.4, 0.5) is 0 Å². The molecule has 2 rings (SSSR count). The van der Waals surface area contributed by atoms with Gasteiger partial charge in [0.1, 0.15) is 11.1 Å². The number of hydrogen-bond acceptors (Lipinski definition) is 4. The fraction of sp³-hybridized carbons (Fsp3) is 0. The van der Waals surface area contributed by atoms with E-state index in [1.54, 1.807) is 0 Å². The zero-order valence-corrected chi connectivity index (χ0v) is 8.14. The van der Waals surface area contributed by atoms with Gasteiger partial charge in [-0.2, -0.15) is 15.4 Å². The number of fused-ring (bicyclic) bond motifs is 1. The molecule has 1 aromatic carbocycles. The van der Waals surface area contributed by atoms with Crippen molar-refractivity contribution in [2.45, 2.75) is 0 Å². The van der Waals surface area contributed by atoms with E-state index in [1.807, 2.05) is 0 Å². The number of aromatic carboxylic acids is 1. The van der Waals surface area contributed by atoms with E-state index in [4.69, 9.17) is 5.11 Å². The number of rotatable bonds is 1. The average Bonchev–Trinajstić information content (AvgIpc) is 2.52. The number of aromatic nitrogens is 3. The van der Waals surface area contributed by atoms with Crippen LogP contribution in [0.25, 0.3) is 11.0 Å². The number of phenols is 1. The van der Waals surface area contributed by atoms with Crippen LogP contribution in [0.15, 0.2) is 12.1 Å². The number of nitrogens with zero attached hydrogens (tertiary/aromatic N) is 2. The second-order valence-corrected chi connectivity index (χ2v) is 2.46. The number of hydrogen-bond donors (Lipinski definition) is 3. The molecule has 0 atom stereocenters. The summed E-state index contributed by atoms with van der Waals surface area (Å²) in [5.41, 5.74) is 0.420. The van der Waals surface area contributed by atoms with E-state index < -0.39 is 5.97 Å². The van der Waals surface area contributed by atoms with Crippen molar-refractivity contribution in [3.63, 3.8) is 0 Å². The quantitative estimate of drug-likeness (QED) is 0.658. The van der Waals surface area contributed by atoms with Crippen molar-refractivity contribution in [2.24, 2.45) is 0 Å². The van der Waals surface area contributed by atoms with Crippen LogP contribution in [0.1, 0.15) is 10.4 Å². The van der Waals surface area contributed by atoms with E-state index in [2.05, 4.69) is 15.4 Å². The molecule has 0 amide bonds. The summed E-state index contributed by atoms with van der Waals surface area (Å²) in [7, 11) is 0. The molecular formula is C7H5AgN3O3+. The van der Waals surface area contributed by atoms with Gasteiger partial charge < -0.3 is 10.2 Å². The molecule has 0 radical (unpaired) electrons. The maximum absolute atomic E-state index is 10.6. The molecule has 0 aliphatic heterocycles. The molecule has 76 valence electrons. The van der Waals surface area contributed by atoms with Gasteiger partial charge in [-0.3, -0.25) is 0 Å². The minimum Gasteiger partial charge on any atom is -0.505 e. The molecule has 0 aliphatic carbocycles. The van der Waals surface area contributed by atoms with Gasteiger partial charge in [-0.15, -0.1) is 0 Å². The summed E-state index contributed by atoms with van der Waals surface area (Å²) < 4.78 is 0. The van der Waals surface area contributed by atoms with Gasteiger partial charge >= 0.3 is 28.3 Å². The molecule has 0 bridgehead atoms. The first-order valence-corrected chi connectivity index (χ1v) is 3.46. The van der Waals surface area contributed by atoms with E-state index in [9.17, 15) is 9.90 Å². The Bertz CT molecular complexity index is 482. The molecule has 0 unspecified atom stereocenters. The molecule has 1 aromatic heterocycles. The number of nitrogens with one attached hydrogen (secondary N) is 1. The Labute approximate surface area is 93.4 Å². The smallest absolute Gasteiger partial charge is 0.505 e. The first-order valence-electron chi connectivity index (χ1n) is 3.46. The van der Waals surface area contributed by atoms with E-state index in [0.29, 0.717) is 5.52 Å². The molecule has 2 aromatic rings. The number of H-pyrrole nitrogens is 1. The molecule has 0 saturated heterocycles. The van der Waals surface area contributed by atoms with Crippen molar-refractivity contribution in [3.8, 4) is 5.75 Å². The molecule has 0 aliphatic rings. The number of carboxylic acids is 1. The van der Waals surface area contributed by atoms with Crippen molar-refractivity contribution < 1.29 is 37.4 Å². The predicted molar refractivity (Wildman–Crippen MR) is 42.5 cm³/mol. The Morgan fingerprint density at radius 3 is 2.71 bits per heavy atom. The van der Waals surface area contributed by atoms with Crippen LogP contribution in [-0.2, 0) is 22.4 Å². The Morgan fingerprint density at radius 2 is 2.07 bits per heavy atom. The van der Waals surface area contributed by atoms with Gasteiger partial charge in [0.25, 0.3) is 0 Å². The summed E-state index contributed by atoms with van der Waals surface area (Å²) in [4.78, 5) is 10.6. The summed E-state index contributed by atoms with van der Waals surface area (Å²) >= 11 is 0. The van der Waals surface area contributed by atoms with Crippen LogP contribution in [-0.4, -0.2) is 31.6 Å². The maximum atomic E-state index is 10.6. The fourth-order valence-electron chi connectivity index (χ4n) is 1.07. The maximum Gasteiger partial charge on any atom is 1.00 e. The van der Waals surface area contributed by atoms with Gasteiger partial charge in [0, 0.05) is 0 Å². The predicted octanol–water partition coefficient (Wildman–Crippen LogP) is 0.359. The second kappa shape index (κ2) is 3.79. The third-order valence-corrected chi connectivity index (χ3v) is 1.69. The van der Waals surface area contributed by atoms with E-state index >= 15 is 0 Å². The number of aromatic amines is 1. The fourth-order valence-corrected chi connectivity index (χ4v) is 1.07. The minimum absolute atomic E-state index is 0. The molecule has 1 heterocycles. The van der Waals surface area contributed by atoms with Crippen molar-refractivity contribution in [1.82, 2.24) is 15.4 Å². The van der Waals surface area contributed by atoms with E-state index in [1.165, 1.54) is 12.1 Å². The second-order valence-electron chi connectivity index (χ2n) is 2.46. The molecular weight excluding hydrogens is 282 g/mol. The SMILES string of the molecule is O=C(O)c1ccc2n[nH]nc2c1O.[Ag+]. The van der Waals surface area contributed by atoms with Crippen molar-refractivity contribution in [1.29, 1.82) is 0 Å². The molecule has 6 nitrogen and oxygen atoms in total. The van der Waals surface area contributed by atoms with Gasteiger partial charge in [-0.25, -0.2) is 4.79 Å². The van der Waals surface area contributed by atoms with Crippen LogP contribution < -0.4 is 0 Å². The Morgan fingerprint density at radius 1 is 1.36 bits per heavy atom. The first kappa shape index (κ1) is 10.7. The van der Waals surface area contributed by atoms with Crippen LogP contribution in [0.3, 0.4) is 0 Å². The zero-order valence-electron chi connectivity index (χ0n) is 6.65. The molecule has 14 heavy (non-hydrogen) atoms. The standard InChI is InChI=1S/C7H5N3O3.Ag/c11-6-3(7(12)13)1-2-4-5(6)9-10-8-4;/h1-2,11H,(H,12,13)(H,8,9,10);/q;+1. The van der Waals surface area contributed by atoms with Crippen molar-refractivity contribution in [3.05, 3.63) is 17.7 Å². The van der Waals surface area contributed by atoms with Crippen molar-refractivity contribution >= 4 is 17.0 Å². The van der Waals surface area contributed by atoms with Crippen LogP contribution >= 0.6 is 0 Å². The topological polar surface area (TPSA) is 99.1 Å². The normalized spacial score (nSPS) is 9.71. The first-order chi connectivity index (χ1) is 6.20. The van der Waals surface area contributed by atoms with Gasteiger partial charge in [0.2, 0.25) is 0 Å². The Hall–Kier alpha value is -1.37. The van der Waals surface area contributed by atoms with Gasteiger partial charge in [0.15, 0.2) is 11.3 Å². The third kappa shape index (κ3) is 1.50. The van der Waals surface area contributed by atoms with Crippen LogP contribution in [0, 0.1) is 0 Å². The molecule has 7 heteroatoms. The summed E-state index contributed by atoms with van der Waals surface area (Å²) in [6.45, 7) is 0. The number of carboxylic acid groups (broad SMARTS) is 1. The van der Waals surface area contributed by atoms with Gasteiger partial charge in [-0.1, -0.05) is 0 Å². The summed E-state index contributed by atoms with van der Waals surface area (Å²) in [6, 6.07) is 2.75. The van der Waals surface area contributed by atoms with Crippen LogP contribution in [0.2, 0.25) is 0 Å². The monoisotopic (exact) mass is 286 g/mol. The molecule has 0 spiro atoms. The molecule has 0 saturated carbocycles. The average molecular weight is 287 g/mol. The van der Waals surface area contributed by atoms with Gasteiger partial charge in [-0.05, 0) is 12.1 Å². The Kier molecular flexibility index (Phi) is 2.90. The summed E-state index contributed by atoms with van der Waals surface area (Å²) in [5.74, 6) is -1.55. The molecule has 3 N–H and O–H groups in total. The van der Waals surface area contributed by atoms with E-state index in [-0.39, 0.29) is 39.2 Å². The summed E-state index contributed by atoms with van der Waals surface area (Å²) in [5, 5.41) is 27.6. The Balaban J connectivity index is 0.000000980. The summed E-state index contributed by atoms with van der Waals surface area (Å²) in [6.07, 6.45) is 0.